The number of aromatic nitrogens is 4. The minimum atomic E-state index is -0.0494. The Kier molecular flexibility index (Phi) is 3.48. The number of rotatable bonds is 2. The van der Waals surface area contributed by atoms with E-state index in [4.69, 9.17) is 11.6 Å². The van der Waals surface area contributed by atoms with Crippen molar-refractivity contribution in [1.82, 2.24) is 19.4 Å². The molecule has 3 aromatic heterocycles. The van der Waals surface area contributed by atoms with E-state index in [1.165, 1.54) is 0 Å². The minimum absolute atomic E-state index is 0.0494. The fourth-order valence-electron chi connectivity index (χ4n) is 2.88. The molecule has 5 nitrogen and oxygen atoms in total. The van der Waals surface area contributed by atoms with E-state index in [-0.39, 0.29) is 6.61 Å². The number of aliphatic hydroxyl groups is 1. The molecule has 120 valence electrons. The fourth-order valence-corrected chi connectivity index (χ4v) is 3.08. The van der Waals surface area contributed by atoms with Crippen molar-refractivity contribution in [2.75, 3.05) is 0 Å². The maximum Gasteiger partial charge on any atom is 0.165 e. The third-order valence-electron chi connectivity index (χ3n) is 4.08. The molecular formula is C18H15ClN4O. The summed E-state index contributed by atoms with van der Waals surface area (Å²) in [7, 11) is 0. The number of benzene rings is 1. The molecular weight excluding hydrogens is 324 g/mol. The van der Waals surface area contributed by atoms with Crippen LogP contribution in [0.5, 0.6) is 0 Å². The van der Waals surface area contributed by atoms with Gasteiger partial charge < -0.3 is 5.11 Å². The van der Waals surface area contributed by atoms with E-state index in [1.54, 1.807) is 18.3 Å². The Morgan fingerprint density at radius 3 is 2.75 bits per heavy atom. The lowest BCUT2D eigenvalue weighted by Gasteiger charge is -2.10. The Morgan fingerprint density at radius 1 is 1.12 bits per heavy atom. The molecule has 0 spiro atoms. The molecule has 0 atom stereocenters. The monoisotopic (exact) mass is 338 g/mol. The third-order valence-corrected chi connectivity index (χ3v) is 4.41. The van der Waals surface area contributed by atoms with Crippen molar-refractivity contribution in [2.45, 2.75) is 20.5 Å². The lowest BCUT2D eigenvalue weighted by Crippen LogP contribution is -2.00. The van der Waals surface area contributed by atoms with Gasteiger partial charge in [0, 0.05) is 11.3 Å². The summed E-state index contributed by atoms with van der Waals surface area (Å²) in [6.07, 6.45) is 1.78. The molecule has 0 saturated carbocycles. The highest BCUT2D eigenvalue weighted by Crippen LogP contribution is 2.31. The van der Waals surface area contributed by atoms with Gasteiger partial charge in [-0.3, -0.25) is 4.40 Å². The van der Waals surface area contributed by atoms with Crippen molar-refractivity contribution in [3.05, 3.63) is 58.5 Å². The first-order valence-electron chi connectivity index (χ1n) is 7.59. The normalized spacial score (nSPS) is 11.5. The van der Waals surface area contributed by atoms with Crippen molar-refractivity contribution < 1.29 is 5.11 Å². The smallest absolute Gasteiger partial charge is 0.165 e. The van der Waals surface area contributed by atoms with E-state index in [0.717, 1.165) is 39.2 Å². The number of aryl methyl sites for hydroxylation is 2. The summed E-state index contributed by atoms with van der Waals surface area (Å²) in [5, 5.41) is 10.0. The molecule has 1 N–H and O–H groups in total. The highest BCUT2D eigenvalue weighted by Gasteiger charge is 2.16. The number of aliphatic hydroxyl groups excluding tert-OH is 1. The van der Waals surface area contributed by atoms with Gasteiger partial charge in [-0.15, -0.1) is 0 Å². The molecule has 6 heteroatoms. The van der Waals surface area contributed by atoms with Gasteiger partial charge >= 0.3 is 0 Å². The van der Waals surface area contributed by atoms with Crippen LogP contribution in [0.15, 0.2) is 36.5 Å². The maximum atomic E-state index is 9.42. The molecule has 0 bridgehead atoms. The highest BCUT2D eigenvalue weighted by molar-refractivity contribution is 6.33. The van der Waals surface area contributed by atoms with Crippen LogP contribution in [0.4, 0.5) is 0 Å². The zero-order chi connectivity index (χ0) is 16.8. The Balaban J connectivity index is 2.14. The van der Waals surface area contributed by atoms with Gasteiger partial charge in [-0.2, -0.15) is 0 Å². The minimum Gasteiger partial charge on any atom is -0.392 e. The van der Waals surface area contributed by atoms with E-state index in [0.29, 0.717) is 10.8 Å². The Labute approximate surface area is 143 Å². The largest absolute Gasteiger partial charge is 0.392 e. The van der Waals surface area contributed by atoms with Gasteiger partial charge in [-0.05, 0) is 43.7 Å². The first-order chi connectivity index (χ1) is 11.6. The molecule has 0 amide bonds. The Hall–Kier alpha value is -2.50. The van der Waals surface area contributed by atoms with Crippen LogP contribution in [0.1, 0.15) is 17.0 Å². The molecule has 0 fully saturated rings. The van der Waals surface area contributed by atoms with Crippen LogP contribution in [0.25, 0.3) is 28.1 Å². The van der Waals surface area contributed by atoms with Crippen LogP contribution in [0.2, 0.25) is 5.02 Å². The fraction of sp³-hybridized carbons (Fsp3) is 0.167. The molecule has 0 unspecified atom stereocenters. The summed E-state index contributed by atoms with van der Waals surface area (Å²) in [6, 6.07) is 9.33. The topological polar surface area (TPSA) is 63.3 Å². The second-order valence-corrected chi connectivity index (χ2v) is 6.17. The molecule has 1 aromatic carbocycles. The summed E-state index contributed by atoms with van der Waals surface area (Å²) in [5.41, 5.74) is 5.77. The summed E-state index contributed by atoms with van der Waals surface area (Å²) < 4.78 is 1.98. The summed E-state index contributed by atoms with van der Waals surface area (Å²) in [6.45, 7) is 3.85. The molecule has 4 rings (SSSR count). The number of hydrogen-bond donors (Lipinski definition) is 1. The zero-order valence-corrected chi connectivity index (χ0v) is 14.0. The number of pyridine rings is 1. The molecule has 0 aliphatic carbocycles. The van der Waals surface area contributed by atoms with E-state index in [1.807, 2.05) is 36.4 Å². The summed E-state index contributed by atoms with van der Waals surface area (Å²) in [5.74, 6) is 0.693. The van der Waals surface area contributed by atoms with Gasteiger partial charge in [-0.25, -0.2) is 15.0 Å². The average Bonchev–Trinajstić information content (AvgIpc) is 3.02. The van der Waals surface area contributed by atoms with Gasteiger partial charge in [0.15, 0.2) is 5.65 Å². The van der Waals surface area contributed by atoms with Crippen LogP contribution in [0.3, 0.4) is 0 Å². The van der Waals surface area contributed by atoms with Gasteiger partial charge in [0.1, 0.15) is 11.3 Å². The molecule has 24 heavy (non-hydrogen) atoms. The Bertz CT molecular complexity index is 1090. The standard InChI is InChI=1S/C18H15ClN4O/c1-10-3-6-15-18(21-10)23-16(11(2)22-15)8-20-17(23)13-7-12(9-24)4-5-14(13)19/h3-8,24H,9H2,1-2H3. The maximum absolute atomic E-state index is 9.42. The molecule has 4 aromatic rings. The van der Waals surface area contributed by atoms with E-state index in [9.17, 15) is 5.11 Å². The zero-order valence-electron chi connectivity index (χ0n) is 13.3. The average molecular weight is 339 g/mol. The van der Waals surface area contributed by atoms with E-state index >= 15 is 0 Å². The van der Waals surface area contributed by atoms with E-state index < -0.39 is 0 Å². The number of imidazole rings is 1. The van der Waals surface area contributed by atoms with Crippen LogP contribution in [-0.4, -0.2) is 24.5 Å². The second-order valence-electron chi connectivity index (χ2n) is 5.77. The SMILES string of the molecule is Cc1ccc2nc(C)c3cnc(-c4cc(CO)ccc4Cl)n3c2n1. The summed E-state index contributed by atoms with van der Waals surface area (Å²) in [4.78, 5) is 13.8. The lowest BCUT2D eigenvalue weighted by molar-refractivity contribution is 0.282. The van der Waals surface area contributed by atoms with Crippen molar-refractivity contribution in [1.29, 1.82) is 0 Å². The van der Waals surface area contributed by atoms with Gasteiger partial charge in [0.25, 0.3) is 0 Å². The van der Waals surface area contributed by atoms with Crippen molar-refractivity contribution in [3.8, 4) is 11.4 Å². The first-order valence-corrected chi connectivity index (χ1v) is 7.97. The number of fused-ring (bicyclic) bond motifs is 3. The van der Waals surface area contributed by atoms with Crippen LogP contribution in [0, 0.1) is 13.8 Å². The molecule has 0 saturated heterocycles. The molecule has 3 heterocycles. The predicted octanol–water partition coefficient (Wildman–Crippen LogP) is 3.71. The van der Waals surface area contributed by atoms with Crippen molar-refractivity contribution in [3.63, 3.8) is 0 Å². The predicted molar refractivity (Wildman–Crippen MR) is 94.1 cm³/mol. The lowest BCUT2D eigenvalue weighted by atomic mass is 10.1. The second kappa shape index (κ2) is 5.54. The van der Waals surface area contributed by atoms with Crippen LogP contribution < -0.4 is 0 Å². The van der Waals surface area contributed by atoms with Gasteiger partial charge in [0.05, 0.1) is 29.0 Å². The molecule has 0 aliphatic rings. The van der Waals surface area contributed by atoms with Crippen molar-refractivity contribution >= 4 is 28.3 Å². The third kappa shape index (κ3) is 2.25. The molecule has 0 radical (unpaired) electrons. The van der Waals surface area contributed by atoms with Gasteiger partial charge in [0.2, 0.25) is 0 Å². The number of halogens is 1. The van der Waals surface area contributed by atoms with Crippen molar-refractivity contribution in [2.24, 2.45) is 0 Å². The van der Waals surface area contributed by atoms with Crippen LogP contribution >= 0.6 is 11.6 Å². The Morgan fingerprint density at radius 2 is 1.96 bits per heavy atom. The highest BCUT2D eigenvalue weighted by atomic mass is 35.5. The quantitative estimate of drug-likeness (QED) is 0.605. The van der Waals surface area contributed by atoms with E-state index in [2.05, 4.69) is 15.0 Å². The molecule has 0 aliphatic heterocycles. The number of nitrogens with zero attached hydrogens (tertiary/aromatic N) is 4. The van der Waals surface area contributed by atoms with Crippen LogP contribution in [-0.2, 0) is 6.61 Å². The van der Waals surface area contributed by atoms with Gasteiger partial charge in [-0.1, -0.05) is 17.7 Å². The first kappa shape index (κ1) is 15.1. The number of hydrogen-bond acceptors (Lipinski definition) is 4. The summed E-state index contributed by atoms with van der Waals surface area (Å²) >= 11 is 6.40.